The zero-order chi connectivity index (χ0) is 13.8. The van der Waals surface area contributed by atoms with Crippen LogP contribution in [0.3, 0.4) is 0 Å². The number of piperazine rings is 1. The topological polar surface area (TPSA) is 28.5 Å². The summed E-state index contributed by atoms with van der Waals surface area (Å²) in [6, 6.07) is 4.57. The fourth-order valence-corrected chi connectivity index (χ4v) is 2.64. The number of hydrogen-bond acceptors (Lipinski definition) is 3. The summed E-state index contributed by atoms with van der Waals surface area (Å²) in [7, 11) is 1.81. The first kappa shape index (κ1) is 14.3. The van der Waals surface area contributed by atoms with Crippen LogP contribution in [0.2, 0.25) is 0 Å². The highest BCUT2D eigenvalue weighted by atomic mass is 16.1. The molecule has 4 nitrogen and oxygen atoms in total. The predicted octanol–water partition coefficient (Wildman–Crippen LogP) is 1.30. The normalized spacial score (nSPS) is 19.5. The molecule has 2 heterocycles. The highest BCUT2D eigenvalue weighted by Crippen LogP contribution is 2.10. The number of pyridine rings is 1. The molecule has 0 saturated carbocycles. The maximum atomic E-state index is 12.0. The zero-order valence-corrected chi connectivity index (χ0v) is 12.3. The molecule has 1 fully saturated rings. The van der Waals surface area contributed by atoms with E-state index in [1.165, 1.54) is 6.42 Å². The lowest BCUT2D eigenvalue weighted by molar-refractivity contribution is 0.0960. The van der Waals surface area contributed by atoms with Gasteiger partial charge in [0.1, 0.15) is 0 Å². The quantitative estimate of drug-likeness (QED) is 0.820. The summed E-state index contributed by atoms with van der Waals surface area (Å²) in [5, 5.41) is 0. The molecule has 1 saturated heterocycles. The molecule has 0 radical (unpaired) electrons. The van der Waals surface area contributed by atoms with Gasteiger partial charge in [-0.2, -0.15) is 0 Å². The van der Waals surface area contributed by atoms with E-state index in [0.29, 0.717) is 6.04 Å². The molecule has 0 aromatic carbocycles. The molecule has 0 bridgehead atoms. The van der Waals surface area contributed by atoms with Gasteiger partial charge in [0.05, 0.1) is 0 Å². The lowest BCUT2D eigenvalue weighted by atomic mass is 10.1. The number of hydrogen-bond donors (Lipinski definition) is 0. The van der Waals surface area contributed by atoms with Gasteiger partial charge >= 0.3 is 0 Å². The Morgan fingerprint density at radius 1 is 1.26 bits per heavy atom. The van der Waals surface area contributed by atoms with Gasteiger partial charge in [0.2, 0.25) is 0 Å². The Balaban J connectivity index is 1.92. The Labute approximate surface area is 115 Å². The second kappa shape index (κ2) is 6.35. The lowest BCUT2D eigenvalue weighted by Crippen LogP contribution is -2.49. The second-order valence-corrected chi connectivity index (χ2v) is 5.52. The van der Waals surface area contributed by atoms with Gasteiger partial charge in [-0.15, -0.1) is 0 Å². The van der Waals surface area contributed by atoms with E-state index < -0.39 is 0 Å². The SMILES string of the molecule is CCC(C)N1CCN(Cc2cccn(C)c2=O)CC1. The summed E-state index contributed by atoms with van der Waals surface area (Å²) in [5.41, 5.74) is 1.04. The van der Waals surface area contributed by atoms with Crippen LogP contribution < -0.4 is 5.56 Å². The van der Waals surface area contributed by atoms with Crippen LogP contribution in [-0.2, 0) is 13.6 Å². The van der Waals surface area contributed by atoms with Crippen LogP contribution in [0.1, 0.15) is 25.8 Å². The molecule has 0 N–H and O–H groups in total. The Morgan fingerprint density at radius 3 is 2.58 bits per heavy atom. The monoisotopic (exact) mass is 263 g/mol. The van der Waals surface area contributed by atoms with Gasteiger partial charge in [0, 0.05) is 57.6 Å². The van der Waals surface area contributed by atoms with Crippen molar-refractivity contribution in [1.82, 2.24) is 14.4 Å². The number of aromatic nitrogens is 1. The van der Waals surface area contributed by atoms with E-state index in [2.05, 4.69) is 23.6 Å². The number of aryl methyl sites for hydroxylation is 1. The lowest BCUT2D eigenvalue weighted by Gasteiger charge is -2.37. The van der Waals surface area contributed by atoms with Crippen LogP contribution in [0, 0.1) is 0 Å². The van der Waals surface area contributed by atoms with Gasteiger partial charge in [-0.1, -0.05) is 13.0 Å². The first-order valence-corrected chi connectivity index (χ1v) is 7.22. The van der Waals surface area contributed by atoms with E-state index in [0.717, 1.165) is 38.3 Å². The van der Waals surface area contributed by atoms with E-state index >= 15 is 0 Å². The molecule has 1 aromatic heterocycles. The van der Waals surface area contributed by atoms with E-state index in [1.807, 2.05) is 25.4 Å². The van der Waals surface area contributed by atoms with Gasteiger partial charge < -0.3 is 4.57 Å². The van der Waals surface area contributed by atoms with E-state index in [1.54, 1.807) is 4.57 Å². The predicted molar refractivity (Wildman–Crippen MR) is 78.3 cm³/mol. The first-order valence-electron chi connectivity index (χ1n) is 7.22. The standard InChI is InChI=1S/C15H25N3O/c1-4-13(2)18-10-8-17(9-11-18)12-14-6-5-7-16(3)15(14)19/h5-7,13H,4,8-12H2,1-3H3. The number of nitrogens with zero attached hydrogens (tertiary/aromatic N) is 3. The summed E-state index contributed by atoms with van der Waals surface area (Å²) < 4.78 is 1.66. The van der Waals surface area contributed by atoms with E-state index in [4.69, 9.17) is 0 Å². The maximum absolute atomic E-state index is 12.0. The van der Waals surface area contributed by atoms with Crippen molar-refractivity contribution in [3.05, 3.63) is 34.2 Å². The van der Waals surface area contributed by atoms with E-state index in [9.17, 15) is 4.79 Å². The third kappa shape index (κ3) is 3.45. The molecule has 1 unspecified atom stereocenters. The van der Waals surface area contributed by atoms with Crippen LogP contribution in [0.25, 0.3) is 0 Å². The summed E-state index contributed by atoms with van der Waals surface area (Å²) in [6.07, 6.45) is 3.02. The highest BCUT2D eigenvalue weighted by molar-refractivity contribution is 5.10. The van der Waals surface area contributed by atoms with Crippen LogP contribution in [0.5, 0.6) is 0 Å². The van der Waals surface area contributed by atoms with Gasteiger partial charge in [-0.3, -0.25) is 14.6 Å². The summed E-state index contributed by atoms with van der Waals surface area (Å²) in [6.45, 7) is 9.66. The maximum Gasteiger partial charge on any atom is 0.254 e. The minimum atomic E-state index is 0.131. The van der Waals surface area contributed by atoms with Crippen LogP contribution >= 0.6 is 0 Å². The van der Waals surface area contributed by atoms with Crippen molar-refractivity contribution in [1.29, 1.82) is 0 Å². The van der Waals surface area contributed by atoms with Crippen molar-refractivity contribution < 1.29 is 0 Å². The molecule has 0 spiro atoms. The third-order valence-corrected chi connectivity index (χ3v) is 4.22. The average molecular weight is 263 g/mol. The molecule has 19 heavy (non-hydrogen) atoms. The highest BCUT2D eigenvalue weighted by Gasteiger charge is 2.20. The molecule has 0 amide bonds. The molecule has 4 heteroatoms. The van der Waals surface area contributed by atoms with Crippen molar-refractivity contribution >= 4 is 0 Å². The molecule has 1 aliphatic rings. The fourth-order valence-electron chi connectivity index (χ4n) is 2.64. The largest absolute Gasteiger partial charge is 0.318 e. The molecule has 0 aliphatic carbocycles. The van der Waals surface area contributed by atoms with Gasteiger partial charge in [-0.05, 0) is 19.4 Å². The van der Waals surface area contributed by atoms with Crippen LogP contribution in [0.4, 0.5) is 0 Å². The first-order chi connectivity index (χ1) is 9.11. The molecular formula is C15H25N3O. The average Bonchev–Trinajstić information content (AvgIpc) is 2.44. The number of rotatable bonds is 4. The van der Waals surface area contributed by atoms with Crippen molar-refractivity contribution in [2.75, 3.05) is 26.2 Å². The van der Waals surface area contributed by atoms with Gasteiger partial charge in [0.15, 0.2) is 0 Å². The second-order valence-electron chi connectivity index (χ2n) is 5.52. The molecule has 1 atom stereocenters. The minimum absolute atomic E-state index is 0.131. The molecule has 106 valence electrons. The Kier molecular flexibility index (Phi) is 4.77. The van der Waals surface area contributed by atoms with Crippen molar-refractivity contribution in [2.45, 2.75) is 32.9 Å². The Hall–Kier alpha value is -1.13. The van der Waals surface area contributed by atoms with E-state index in [-0.39, 0.29) is 5.56 Å². The Morgan fingerprint density at radius 2 is 1.95 bits per heavy atom. The minimum Gasteiger partial charge on any atom is -0.318 e. The van der Waals surface area contributed by atoms with Gasteiger partial charge in [0.25, 0.3) is 5.56 Å². The van der Waals surface area contributed by atoms with Crippen LogP contribution in [-0.4, -0.2) is 46.6 Å². The summed E-state index contributed by atoms with van der Waals surface area (Å²) >= 11 is 0. The van der Waals surface area contributed by atoms with Gasteiger partial charge in [-0.25, -0.2) is 0 Å². The fraction of sp³-hybridized carbons (Fsp3) is 0.667. The zero-order valence-electron chi connectivity index (χ0n) is 12.3. The third-order valence-electron chi connectivity index (χ3n) is 4.22. The molecule has 1 aliphatic heterocycles. The summed E-state index contributed by atoms with van der Waals surface area (Å²) in [4.78, 5) is 16.9. The summed E-state index contributed by atoms with van der Waals surface area (Å²) in [5.74, 6) is 0. The molecule has 1 aromatic rings. The molecular weight excluding hydrogens is 238 g/mol. The van der Waals surface area contributed by atoms with Crippen molar-refractivity contribution in [3.63, 3.8) is 0 Å². The Bertz CT molecular complexity index is 461. The van der Waals surface area contributed by atoms with Crippen LogP contribution in [0.15, 0.2) is 23.1 Å². The smallest absolute Gasteiger partial charge is 0.254 e. The molecule has 2 rings (SSSR count). The van der Waals surface area contributed by atoms with Crippen molar-refractivity contribution in [2.24, 2.45) is 7.05 Å². The van der Waals surface area contributed by atoms with Crippen molar-refractivity contribution in [3.8, 4) is 0 Å².